The second kappa shape index (κ2) is 4.61. The van der Waals surface area contributed by atoms with E-state index >= 15 is 0 Å². The molecule has 0 N–H and O–H groups in total. The zero-order valence-corrected chi connectivity index (χ0v) is 7.97. The van der Waals surface area contributed by atoms with Gasteiger partial charge in [-0.25, -0.2) is 0 Å². The van der Waals surface area contributed by atoms with Gasteiger partial charge in [-0.3, -0.25) is 4.98 Å². The lowest BCUT2D eigenvalue weighted by molar-refractivity contribution is 0.166. The van der Waals surface area contributed by atoms with Gasteiger partial charge in [0.2, 0.25) is 0 Å². The lowest BCUT2D eigenvalue weighted by Crippen LogP contribution is -2.08. The molecule has 1 atom stereocenters. The van der Waals surface area contributed by atoms with Crippen molar-refractivity contribution in [1.82, 2.24) is 4.98 Å². The standard InChI is InChI=1S/C12H13NO/c1-3-9-13-11(5-1)7-8-12-6-2-4-10-14-12/h1,3-5,7-10,12H,2,6H2/b8-7+/t12-/m0/s1. The summed E-state index contributed by atoms with van der Waals surface area (Å²) in [6.07, 6.45) is 12.0. The molecule has 0 aromatic carbocycles. The highest BCUT2D eigenvalue weighted by molar-refractivity contribution is 5.44. The first-order valence-electron chi connectivity index (χ1n) is 4.85. The molecule has 0 spiro atoms. The summed E-state index contributed by atoms with van der Waals surface area (Å²) in [6, 6.07) is 5.88. The van der Waals surface area contributed by atoms with E-state index in [1.807, 2.05) is 30.4 Å². The summed E-state index contributed by atoms with van der Waals surface area (Å²) in [5.41, 5.74) is 0.977. The Morgan fingerprint density at radius 1 is 1.43 bits per heavy atom. The molecule has 2 heterocycles. The molecule has 0 radical (unpaired) electrons. The lowest BCUT2D eigenvalue weighted by Gasteiger charge is -2.14. The predicted octanol–water partition coefficient (Wildman–Crippen LogP) is 2.79. The van der Waals surface area contributed by atoms with Crippen LogP contribution in [0.25, 0.3) is 6.08 Å². The van der Waals surface area contributed by atoms with Crippen molar-refractivity contribution in [3.8, 4) is 0 Å². The van der Waals surface area contributed by atoms with Crippen LogP contribution in [0.1, 0.15) is 18.5 Å². The smallest absolute Gasteiger partial charge is 0.117 e. The summed E-state index contributed by atoms with van der Waals surface area (Å²) in [7, 11) is 0. The Morgan fingerprint density at radius 2 is 2.43 bits per heavy atom. The number of rotatable bonds is 2. The molecule has 1 aromatic rings. The van der Waals surface area contributed by atoms with Gasteiger partial charge in [-0.2, -0.15) is 0 Å². The second-order valence-electron chi connectivity index (χ2n) is 3.24. The molecule has 0 bridgehead atoms. The monoisotopic (exact) mass is 187 g/mol. The first kappa shape index (κ1) is 9.00. The van der Waals surface area contributed by atoms with Crippen LogP contribution in [-0.2, 0) is 4.74 Å². The van der Waals surface area contributed by atoms with Gasteiger partial charge in [0.25, 0.3) is 0 Å². The molecule has 2 rings (SSSR count). The largest absolute Gasteiger partial charge is 0.494 e. The van der Waals surface area contributed by atoms with Crippen molar-refractivity contribution >= 4 is 6.08 Å². The molecule has 0 amide bonds. The molecular weight excluding hydrogens is 174 g/mol. The Morgan fingerprint density at radius 3 is 3.14 bits per heavy atom. The summed E-state index contributed by atoms with van der Waals surface area (Å²) in [5, 5.41) is 0. The van der Waals surface area contributed by atoms with Gasteiger partial charge in [0.05, 0.1) is 12.0 Å². The Labute approximate surface area is 83.9 Å². The minimum absolute atomic E-state index is 0.210. The maximum atomic E-state index is 5.40. The van der Waals surface area contributed by atoms with Crippen LogP contribution in [0.4, 0.5) is 0 Å². The molecule has 1 aromatic heterocycles. The molecule has 0 saturated heterocycles. The van der Waals surface area contributed by atoms with Crippen molar-refractivity contribution < 1.29 is 4.74 Å². The van der Waals surface area contributed by atoms with Crippen LogP contribution in [0.3, 0.4) is 0 Å². The SMILES string of the molecule is C1=CO[C@H](/C=C/c2ccccn2)CC1. The normalized spacial score (nSPS) is 21.0. The lowest BCUT2D eigenvalue weighted by atomic mass is 10.1. The molecule has 14 heavy (non-hydrogen) atoms. The van der Waals surface area contributed by atoms with Crippen LogP contribution in [0.2, 0.25) is 0 Å². The van der Waals surface area contributed by atoms with Gasteiger partial charge >= 0.3 is 0 Å². The van der Waals surface area contributed by atoms with Crippen molar-refractivity contribution in [2.45, 2.75) is 18.9 Å². The topological polar surface area (TPSA) is 22.1 Å². The van der Waals surface area contributed by atoms with E-state index in [4.69, 9.17) is 4.74 Å². The Bertz CT molecular complexity index is 329. The van der Waals surface area contributed by atoms with Crippen LogP contribution < -0.4 is 0 Å². The van der Waals surface area contributed by atoms with E-state index in [9.17, 15) is 0 Å². The van der Waals surface area contributed by atoms with Crippen molar-refractivity contribution in [2.24, 2.45) is 0 Å². The highest BCUT2D eigenvalue weighted by Crippen LogP contribution is 2.12. The highest BCUT2D eigenvalue weighted by Gasteiger charge is 2.05. The zero-order chi connectivity index (χ0) is 9.64. The summed E-state index contributed by atoms with van der Waals surface area (Å²) in [4.78, 5) is 4.20. The minimum Gasteiger partial charge on any atom is -0.494 e. The van der Waals surface area contributed by atoms with E-state index in [-0.39, 0.29) is 6.10 Å². The number of allylic oxidation sites excluding steroid dienone is 1. The van der Waals surface area contributed by atoms with E-state index in [1.165, 1.54) is 0 Å². The summed E-state index contributed by atoms with van der Waals surface area (Å²) >= 11 is 0. The summed E-state index contributed by atoms with van der Waals surface area (Å²) < 4.78 is 5.40. The third-order valence-corrected chi connectivity index (χ3v) is 2.14. The van der Waals surface area contributed by atoms with E-state index in [2.05, 4.69) is 11.1 Å². The summed E-state index contributed by atoms with van der Waals surface area (Å²) in [6.45, 7) is 0. The minimum atomic E-state index is 0.210. The molecule has 1 aliphatic rings. The van der Waals surface area contributed by atoms with Crippen LogP contribution in [0.15, 0.2) is 42.8 Å². The van der Waals surface area contributed by atoms with E-state index in [0.717, 1.165) is 18.5 Å². The number of ether oxygens (including phenoxy) is 1. The second-order valence-corrected chi connectivity index (χ2v) is 3.24. The fraction of sp³-hybridized carbons (Fsp3) is 0.250. The fourth-order valence-corrected chi connectivity index (χ4v) is 1.38. The molecule has 72 valence electrons. The van der Waals surface area contributed by atoms with Gasteiger partial charge in [-0.05, 0) is 43.2 Å². The van der Waals surface area contributed by atoms with Gasteiger partial charge in [0.1, 0.15) is 6.10 Å². The van der Waals surface area contributed by atoms with Crippen LogP contribution in [0, 0.1) is 0 Å². The van der Waals surface area contributed by atoms with E-state index in [0.29, 0.717) is 0 Å². The molecule has 0 fully saturated rings. The Balaban J connectivity index is 1.97. The average molecular weight is 187 g/mol. The number of pyridine rings is 1. The number of nitrogens with zero attached hydrogens (tertiary/aromatic N) is 1. The average Bonchev–Trinajstić information content (AvgIpc) is 2.29. The fourth-order valence-electron chi connectivity index (χ4n) is 1.38. The Kier molecular flexibility index (Phi) is 2.96. The highest BCUT2D eigenvalue weighted by atomic mass is 16.5. The van der Waals surface area contributed by atoms with E-state index < -0.39 is 0 Å². The Hall–Kier alpha value is -1.57. The van der Waals surface area contributed by atoms with Gasteiger partial charge in [-0.15, -0.1) is 0 Å². The first-order valence-corrected chi connectivity index (χ1v) is 4.85. The molecular formula is C12H13NO. The van der Waals surface area contributed by atoms with Crippen molar-refractivity contribution in [1.29, 1.82) is 0 Å². The molecule has 0 unspecified atom stereocenters. The number of hydrogen-bond acceptors (Lipinski definition) is 2. The van der Waals surface area contributed by atoms with Gasteiger partial charge in [0, 0.05) is 6.20 Å². The molecule has 2 heteroatoms. The molecule has 2 nitrogen and oxygen atoms in total. The van der Waals surface area contributed by atoms with Crippen molar-refractivity contribution in [3.63, 3.8) is 0 Å². The van der Waals surface area contributed by atoms with E-state index in [1.54, 1.807) is 12.5 Å². The molecule has 1 aliphatic heterocycles. The third kappa shape index (κ3) is 2.46. The number of hydrogen-bond donors (Lipinski definition) is 0. The third-order valence-electron chi connectivity index (χ3n) is 2.14. The summed E-state index contributed by atoms with van der Waals surface area (Å²) in [5.74, 6) is 0. The van der Waals surface area contributed by atoms with Crippen LogP contribution in [0.5, 0.6) is 0 Å². The first-order chi connectivity index (χ1) is 6.95. The predicted molar refractivity (Wildman–Crippen MR) is 56.5 cm³/mol. The van der Waals surface area contributed by atoms with Gasteiger partial charge < -0.3 is 4.74 Å². The maximum Gasteiger partial charge on any atom is 0.117 e. The van der Waals surface area contributed by atoms with Crippen molar-refractivity contribution in [2.75, 3.05) is 0 Å². The zero-order valence-electron chi connectivity index (χ0n) is 7.97. The number of aromatic nitrogens is 1. The van der Waals surface area contributed by atoms with Gasteiger partial charge in [-0.1, -0.05) is 6.07 Å². The van der Waals surface area contributed by atoms with Crippen LogP contribution in [-0.4, -0.2) is 11.1 Å². The molecule has 0 saturated carbocycles. The molecule has 0 aliphatic carbocycles. The maximum absolute atomic E-state index is 5.40. The van der Waals surface area contributed by atoms with Crippen LogP contribution >= 0.6 is 0 Å². The van der Waals surface area contributed by atoms with Crippen molar-refractivity contribution in [3.05, 3.63) is 48.5 Å². The quantitative estimate of drug-likeness (QED) is 0.710. The van der Waals surface area contributed by atoms with Gasteiger partial charge in [0.15, 0.2) is 0 Å².